The third-order valence-corrected chi connectivity index (χ3v) is 3.76. The van der Waals surface area contributed by atoms with Gasteiger partial charge in [0.25, 0.3) is 5.91 Å². The van der Waals surface area contributed by atoms with Crippen molar-refractivity contribution in [2.24, 2.45) is 5.73 Å². The Labute approximate surface area is 143 Å². The first kappa shape index (κ1) is 14.8. The summed E-state index contributed by atoms with van der Waals surface area (Å²) in [7, 11) is 0. The molecule has 4 rings (SSSR count). The molecule has 0 aliphatic carbocycles. The molecule has 1 amide bonds. The molecule has 3 N–H and O–H groups in total. The van der Waals surface area contributed by atoms with Crippen LogP contribution in [0, 0.1) is 0 Å². The van der Waals surface area contributed by atoms with E-state index in [9.17, 15) is 4.79 Å². The van der Waals surface area contributed by atoms with E-state index in [0.29, 0.717) is 17.3 Å². The maximum atomic E-state index is 11.6. The molecular formula is C18H14N6O. The summed E-state index contributed by atoms with van der Waals surface area (Å²) in [4.78, 5) is 24.8. The maximum Gasteiger partial charge on any atom is 0.252 e. The van der Waals surface area contributed by atoms with Crippen LogP contribution in [-0.4, -0.2) is 25.3 Å². The summed E-state index contributed by atoms with van der Waals surface area (Å²) in [5.41, 5.74) is 8.17. The van der Waals surface area contributed by atoms with Gasteiger partial charge < -0.3 is 11.1 Å². The van der Waals surface area contributed by atoms with Crippen LogP contribution in [0.4, 0.5) is 11.8 Å². The van der Waals surface area contributed by atoms with Gasteiger partial charge in [0.2, 0.25) is 5.95 Å². The predicted molar refractivity (Wildman–Crippen MR) is 94.5 cm³/mol. The third kappa shape index (κ3) is 2.78. The van der Waals surface area contributed by atoms with E-state index in [4.69, 9.17) is 5.73 Å². The Morgan fingerprint density at radius 1 is 1.04 bits per heavy atom. The van der Waals surface area contributed by atoms with Gasteiger partial charge in [0.05, 0.1) is 11.3 Å². The second kappa shape index (κ2) is 6.04. The number of amides is 1. The minimum atomic E-state index is -0.559. The van der Waals surface area contributed by atoms with Crippen LogP contribution in [0.2, 0.25) is 0 Å². The van der Waals surface area contributed by atoms with E-state index in [1.54, 1.807) is 35.1 Å². The molecule has 3 heterocycles. The number of primary amides is 1. The first-order chi connectivity index (χ1) is 12.2. The Balaban J connectivity index is 1.85. The number of aromatic nitrogens is 4. The fourth-order valence-electron chi connectivity index (χ4n) is 2.58. The third-order valence-electron chi connectivity index (χ3n) is 3.76. The molecule has 122 valence electrons. The van der Waals surface area contributed by atoms with E-state index < -0.39 is 5.91 Å². The second-order valence-corrected chi connectivity index (χ2v) is 5.38. The number of rotatable bonds is 4. The van der Waals surface area contributed by atoms with E-state index in [1.807, 2.05) is 36.4 Å². The van der Waals surface area contributed by atoms with E-state index in [2.05, 4.69) is 20.3 Å². The summed E-state index contributed by atoms with van der Waals surface area (Å²) in [6.07, 6.45) is 5.05. The van der Waals surface area contributed by atoms with Crippen molar-refractivity contribution in [3.05, 3.63) is 72.7 Å². The van der Waals surface area contributed by atoms with Gasteiger partial charge >= 0.3 is 0 Å². The van der Waals surface area contributed by atoms with Crippen molar-refractivity contribution in [3.8, 4) is 11.3 Å². The second-order valence-electron chi connectivity index (χ2n) is 5.38. The van der Waals surface area contributed by atoms with Gasteiger partial charge in [-0.05, 0) is 12.1 Å². The minimum Gasteiger partial charge on any atom is -0.365 e. The zero-order chi connectivity index (χ0) is 17.2. The number of carbonyl (C=O) groups excluding carboxylic acids is 1. The van der Waals surface area contributed by atoms with Crippen molar-refractivity contribution in [2.45, 2.75) is 0 Å². The molecule has 7 nitrogen and oxygen atoms in total. The van der Waals surface area contributed by atoms with Gasteiger partial charge in [0.1, 0.15) is 11.5 Å². The van der Waals surface area contributed by atoms with Crippen LogP contribution < -0.4 is 11.1 Å². The van der Waals surface area contributed by atoms with Crippen LogP contribution in [-0.2, 0) is 0 Å². The van der Waals surface area contributed by atoms with Crippen LogP contribution in [0.5, 0.6) is 0 Å². The van der Waals surface area contributed by atoms with Crippen molar-refractivity contribution in [2.75, 3.05) is 5.32 Å². The highest BCUT2D eigenvalue weighted by Gasteiger charge is 2.13. The fraction of sp³-hybridized carbons (Fsp3) is 0. The molecule has 0 spiro atoms. The molecular weight excluding hydrogens is 316 g/mol. The highest BCUT2D eigenvalue weighted by Crippen LogP contribution is 2.23. The molecule has 0 fully saturated rings. The number of nitrogens with zero attached hydrogens (tertiary/aromatic N) is 4. The molecule has 3 aromatic heterocycles. The van der Waals surface area contributed by atoms with E-state index in [-0.39, 0.29) is 0 Å². The fourth-order valence-corrected chi connectivity index (χ4v) is 2.58. The highest BCUT2D eigenvalue weighted by atomic mass is 16.1. The van der Waals surface area contributed by atoms with Gasteiger partial charge in [0.15, 0.2) is 0 Å². The molecule has 0 bridgehead atoms. The number of pyridine rings is 1. The normalized spacial score (nSPS) is 10.7. The van der Waals surface area contributed by atoms with Crippen LogP contribution in [0.1, 0.15) is 10.4 Å². The van der Waals surface area contributed by atoms with Crippen molar-refractivity contribution < 1.29 is 4.79 Å². The standard InChI is InChI=1S/C18H14N6O/c19-16(25)13-7-4-8-21-17(13)23-18-22-14(12-5-2-1-3-6-12)11-15-20-9-10-24(15)18/h1-11H,(H2,19,25)(H,21,22,23). The number of nitrogens with two attached hydrogens (primary N) is 1. The number of imidazole rings is 1. The van der Waals surface area contributed by atoms with Gasteiger partial charge in [0, 0.05) is 30.2 Å². The van der Waals surface area contributed by atoms with Crippen LogP contribution >= 0.6 is 0 Å². The van der Waals surface area contributed by atoms with Gasteiger partial charge in [-0.2, -0.15) is 0 Å². The molecule has 0 atom stereocenters. The van der Waals surface area contributed by atoms with Crippen molar-refractivity contribution in [3.63, 3.8) is 0 Å². The average molecular weight is 330 g/mol. The molecule has 25 heavy (non-hydrogen) atoms. The van der Waals surface area contributed by atoms with Crippen LogP contribution in [0.25, 0.3) is 16.9 Å². The molecule has 0 saturated carbocycles. The Morgan fingerprint density at radius 3 is 2.68 bits per heavy atom. The molecule has 1 aromatic carbocycles. The van der Waals surface area contributed by atoms with Crippen molar-refractivity contribution >= 4 is 23.3 Å². The molecule has 0 aliphatic heterocycles. The van der Waals surface area contributed by atoms with Gasteiger partial charge in [-0.15, -0.1) is 0 Å². The van der Waals surface area contributed by atoms with Crippen molar-refractivity contribution in [1.29, 1.82) is 0 Å². The lowest BCUT2D eigenvalue weighted by molar-refractivity contribution is 0.100. The van der Waals surface area contributed by atoms with E-state index in [1.165, 1.54) is 0 Å². The lowest BCUT2D eigenvalue weighted by Crippen LogP contribution is -2.15. The van der Waals surface area contributed by atoms with Crippen molar-refractivity contribution in [1.82, 2.24) is 19.4 Å². The number of hydrogen-bond acceptors (Lipinski definition) is 5. The zero-order valence-electron chi connectivity index (χ0n) is 13.1. The number of benzene rings is 1. The summed E-state index contributed by atoms with van der Waals surface area (Å²) in [5.74, 6) is 0.287. The maximum absolute atomic E-state index is 11.6. The summed E-state index contributed by atoms with van der Waals surface area (Å²) < 4.78 is 1.78. The summed E-state index contributed by atoms with van der Waals surface area (Å²) in [5, 5.41) is 3.09. The number of hydrogen-bond donors (Lipinski definition) is 2. The molecule has 0 saturated heterocycles. The summed E-state index contributed by atoms with van der Waals surface area (Å²) >= 11 is 0. The van der Waals surface area contributed by atoms with Crippen LogP contribution in [0.3, 0.4) is 0 Å². The first-order valence-electron chi connectivity index (χ1n) is 7.64. The number of carbonyl (C=O) groups is 1. The minimum absolute atomic E-state index is 0.294. The molecule has 0 radical (unpaired) electrons. The molecule has 0 unspecified atom stereocenters. The Hall–Kier alpha value is -3.74. The zero-order valence-corrected chi connectivity index (χ0v) is 13.1. The SMILES string of the molecule is NC(=O)c1cccnc1Nc1nc(-c2ccccc2)cc2nccn12. The Morgan fingerprint density at radius 2 is 1.88 bits per heavy atom. The van der Waals surface area contributed by atoms with Crippen LogP contribution in [0.15, 0.2) is 67.1 Å². The summed E-state index contributed by atoms with van der Waals surface area (Å²) in [6, 6.07) is 15.0. The smallest absolute Gasteiger partial charge is 0.252 e. The first-order valence-corrected chi connectivity index (χ1v) is 7.64. The largest absolute Gasteiger partial charge is 0.365 e. The van der Waals surface area contributed by atoms with E-state index >= 15 is 0 Å². The van der Waals surface area contributed by atoms with Gasteiger partial charge in [-0.1, -0.05) is 30.3 Å². The van der Waals surface area contributed by atoms with E-state index in [0.717, 1.165) is 16.9 Å². The Bertz CT molecular complexity index is 1060. The Kier molecular flexibility index (Phi) is 3.59. The number of anilines is 2. The topological polar surface area (TPSA) is 98.2 Å². The van der Waals surface area contributed by atoms with Gasteiger partial charge in [-0.3, -0.25) is 9.20 Å². The number of fused-ring (bicyclic) bond motifs is 1. The molecule has 0 aliphatic rings. The highest BCUT2D eigenvalue weighted by molar-refractivity contribution is 5.98. The quantitative estimate of drug-likeness (QED) is 0.599. The average Bonchev–Trinajstić information content (AvgIpc) is 3.11. The number of nitrogens with one attached hydrogen (secondary N) is 1. The summed E-state index contributed by atoms with van der Waals surface area (Å²) in [6.45, 7) is 0. The predicted octanol–water partition coefficient (Wildman–Crippen LogP) is 2.63. The lowest BCUT2D eigenvalue weighted by atomic mass is 10.1. The lowest BCUT2D eigenvalue weighted by Gasteiger charge is -2.11. The monoisotopic (exact) mass is 330 g/mol. The molecule has 7 heteroatoms. The van der Waals surface area contributed by atoms with Gasteiger partial charge in [-0.25, -0.2) is 15.0 Å². The molecule has 4 aromatic rings.